The average molecular weight is 344 g/mol. The number of ether oxygens (including phenoxy) is 2. The van der Waals surface area contributed by atoms with Gasteiger partial charge in [-0.3, -0.25) is 0 Å². The minimum atomic E-state index is -0.495. The summed E-state index contributed by atoms with van der Waals surface area (Å²) < 4.78 is 11.0. The molecule has 0 aliphatic heterocycles. The van der Waals surface area contributed by atoms with E-state index in [0.717, 1.165) is 12.2 Å². The standard InChI is InChI=1S/C18H24N4O3/c1-4-20-16-9-17(21-11-15(16)19)24-13-6-5-7-14(8-13)25-18(23)22-10-12(2)3/h5-9,11-12H,4,10,19H2,1-3H3,(H,20,21)(H,22,23). The van der Waals surface area contributed by atoms with Crippen LogP contribution < -0.4 is 25.8 Å². The maximum atomic E-state index is 11.7. The fraction of sp³-hybridized carbons (Fsp3) is 0.333. The van der Waals surface area contributed by atoms with Gasteiger partial charge >= 0.3 is 6.09 Å². The van der Waals surface area contributed by atoms with E-state index in [9.17, 15) is 4.79 Å². The maximum Gasteiger partial charge on any atom is 0.412 e. The highest BCUT2D eigenvalue weighted by Gasteiger charge is 2.08. The number of carbonyl (C=O) groups is 1. The molecule has 0 aliphatic rings. The van der Waals surface area contributed by atoms with E-state index >= 15 is 0 Å². The molecular formula is C18H24N4O3. The molecule has 0 bridgehead atoms. The molecule has 0 unspecified atom stereocenters. The molecule has 0 aliphatic carbocycles. The molecule has 1 aromatic heterocycles. The Morgan fingerprint density at radius 2 is 2.04 bits per heavy atom. The third-order valence-corrected chi connectivity index (χ3v) is 3.17. The molecule has 2 rings (SSSR count). The third-order valence-electron chi connectivity index (χ3n) is 3.17. The molecule has 7 nitrogen and oxygen atoms in total. The van der Waals surface area contributed by atoms with Gasteiger partial charge in [-0.1, -0.05) is 19.9 Å². The Morgan fingerprint density at radius 1 is 1.28 bits per heavy atom. The molecule has 0 fully saturated rings. The number of hydrogen-bond donors (Lipinski definition) is 3. The minimum absolute atomic E-state index is 0.352. The number of pyridine rings is 1. The van der Waals surface area contributed by atoms with Crippen LogP contribution >= 0.6 is 0 Å². The molecule has 4 N–H and O–H groups in total. The highest BCUT2D eigenvalue weighted by atomic mass is 16.6. The number of amides is 1. The van der Waals surface area contributed by atoms with Crippen LogP contribution in [0.4, 0.5) is 16.2 Å². The molecule has 0 spiro atoms. The van der Waals surface area contributed by atoms with Crippen molar-refractivity contribution in [3.8, 4) is 17.4 Å². The minimum Gasteiger partial charge on any atom is -0.439 e. The van der Waals surface area contributed by atoms with Gasteiger partial charge in [0.25, 0.3) is 0 Å². The lowest BCUT2D eigenvalue weighted by atomic mass is 10.2. The number of carbonyl (C=O) groups excluding carboxylic acids is 1. The van der Waals surface area contributed by atoms with E-state index in [0.29, 0.717) is 35.5 Å². The Morgan fingerprint density at radius 3 is 2.76 bits per heavy atom. The summed E-state index contributed by atoms with van der Waals surface area (Å²) in [6.45, 7) is 7.29. The number of rotatable bonds is 7. The molecule has 1 heterocycles. The van der Waals surface area contributed by atoms with Crippen molar-refractivity contribution in [2.45, 2.75) is 20.8 Å². The molecule has 7 heteroatoms. The number of nitrogens with zero attached hydrogens (tertiary/aromatic N) is 1. The highest BCUT2D eigenvalue weighted by molar-refractivity contribution is 5.70. The number of nitrogens with one attached hydrogen (secondary N) is 2. The van der Waals surface area contributed by atoms with Crippen molar-refractivity contribution >= 4 is 17.5 Å². The SMILES string of the molecule is CCNc1cc(Oc2cccc(OC(=O)NCC(C)C)c2)ncc1N. The number of anilines is 2. The summed E-state index contributed by atoms with van der Waals surface area (Å²) in [6, 6.07) is 8.52. The van der Waals surface area contributed by atoms with Gasteiger partial charge in [0.05, 0.1) is 17.6 Å². The Hall–Kier alpha value is -2.96. The van der Waals surface area contributed by atoms with Crippen LogP contribution in [0.15, 0.2) is 36.5 Å². The van der Waals surface area contributed by atoms with Crippen LogP contribution in [-0.4, -0.2) is 24.2 Å². The lowest BCUT2D eigenvalue weighted by molar-refractivity contribution is 0.199. The second kappa shape index (κ2) is 8.77. The molecule has 0 saturated carbocycles. The first kappa shape index (κ1) is 18.4. The molecule has 0 atom stereocenters. The van der Waals surface area contributed by atoms with Gasteiger partial charge in [-0.05, 0) is 25.0 Å². The second-order valence-corrected chi connectivity index (χ2v) is 5.88. The van der Waals surface area contributed by atoms with Crippen LogP contribution in [0.3, 0.4) is 0 Å². The van der Waals surface area contributed by atoms with Crippen molar-refractivity contribution in [1.29, 1.82) is 0 Å². The summed E-state index contributed by atoms with van der Waals surface area (Å²) in [6.07, 6.45) is 1.04. The maximum absolute atomic E-state index is 11.7. The van der Waals surface area contributed by atoms with Gasteiger partial charge in [0.2, 0.25) is 5.88 Å². The fourth-order valence-electron chi connectivity index (χ4n) is 2.00. The van der Waals surface area contributed by atoms with Crippen LogP contribution in [-0.2, 0) is 0 Å². The highest BCUT2D eigenvalue weighted by Crippen LogP contribution is 2.27. The summed E-state index contributed by atoms with van der Waals surface area (Å²) >= 11 is 0. The van der Waals surface area contributed by atoms with Gasteiger partial charge < -0.3 is 25.8 Å². The largest absolute Gasteiger partial charge is 0.439 e. The molecule has 0 radical (unpaired) electrons. The van der Waals surface area contributed by atoms with E-state index in [1.54, 1.807) is 30.3 Å². The second-order valence-electron chi connectivity index (χ2n) is 5.88. The van der Waals surface area contributed by atoms with Crippen LogP contribution in [0.1, 0.15) is 20.8 Å². The Labute approximate surface area is 147 Å². The zero-order valence-corrected chi connectivity index (χ0v) is 14.7. The van der Waals surface area contributed by atoms with E-state index in [1.807, 2.05) is 20.8 Å². The summed E-state index contributed by atoms with van der Waals surface area (Å²) in [7, 11) is 0. The summed E-state index contributed by atoms with van der Waals surface area (Å²) in [4.78, 5) is 15.9. The average Bonchev–Trinajstić information content (AvgIpc) is 2.57. The summed E-state index contributed by atoms with van der Waals surface area (Å²) in [5.74, 6) is 1.64. The zero-order chi connectivity index (χ0) is 18.2. The summed E-state index contributed by atoms with van der Waals surface area (Å²) in [5.41, 5.74) is 7.16. The number of aromatic nitrogens is 1. The monoisotopic (exact) mass is 344 g/mol. The van der Waals surface area contributed by atoms with E-state index in [1.165, 1.54) is 6.20 Å². The molecule has 134 valence electrons. The van der Waals surface area contributed by atoms with Gasteiger partial charge in [0.1, 0.15) is 11.5 Å². The van der Waals surface area contributed by atoms with Gasteiger partial charge in [0.15, 0.2) is 0 Å². The van der Waals surface area contributed by atoms with E-state index < -0.39 is 6.09 Å². The molecule has 25 heavy (non-hydrogen) atoms. The zero-order valence-electron chi connectivity index (χ0n) is 14.7. The van der Waals surface area contributed by atoms with Gasteiger partial charge in [-0.25, -0.2) is 9.78 Å². The number of benzene rings is 1. The number of hydrogen-bond acceptors (Lipinski definition) is 6. The van der Waals surface area contributed by atoms with E-state index in [-0.39, 0.29) is 0 Å². The van der Waals surface area contributed by atoms with Crippen LogP contribution in [0.5, 0.6) is 17.4 Å². The Kier molecular flexibility index (Phi) is 6.45. The number of nitrogen functional groups attached to an aromatic ring is 1. The Balaban J connectivity index is 2.04. The fourth-order valence-corrected chi connectivity index (χ4v) is 2.00. The quantitative estimate of drug-likeness (QED) is 0.709. The molecule has 1 aromatic carbocycles. The van der Waals surface area contributed by atoms with Crippen LogP contribution in [0.25, 0.3) is 0 Å². The first-order valence-corrected chi connectivity index (χ1v) is 8.21. The smallest absolute Gasteiger partial charge is 0.412 e. The molecule has 2 aromatic rings. The predicted octanol–water partition coefficient (Wildman–Crippen LogP) is 3.63. The molecular weight excluding hydrogens is 320 g/mol. The van der Waals surface area contributed by atoms with Crippen molar-refractivity contribution in [1.82, 2.24) is 10.3 Å². The first-order valence-electron chi connectivity index (χ1n) is 8.21. The van der Waals surface area contributed by atoms with Crippen molar-refractivity contribution in [3.63, 3.8) is 0 Å². The number of nitrogens with two attached hydrogens (primary N) is 1. The van der Waals surface area contributed by atoms with E-state index in [4.69, 9.17) is 15.2 Å². The van der Waals surface area contributed by atoms with Crippen LogP contribution in [0, 0.1) is 5.92 Å². The van der Waals surface area contributed by atoms with Crippen molar-refractivity contribution < 1.29 is 14.3 Å². The van der Waals surface area contributed by atoms with Crippen LogP contribution in [0.2, 0.25) is 0 Å². The topological polar surface area (TPSA) is 98.5 Å². The van der Waals surface area contributed by atoms with Crippen molar-refractivity contribution in [2.75, 3.05) is 24.1 Å². The van der Waals surface area contributed by atoms with Gasteiger partial charge in [0, 0.05) is 25.2 Å². The normalized spacial score (nSPS) is 10.4. The third kappa shape index (κ3) is 5.87. The van der Waals surface area contributed by atoms with Crippen molar-refractivity contribution in [2.24, 2.45) is 5.92 Å². The van der Waals surface area contributed by atoms with Gasteiger partial charge in [-0.2, -0.15) is 0 Å². The van der Waals surface area contributed by atoms with E-state index in [2.05, 4.69) is 15.6 Å². The molecule has 1 amide bonds. The predicted molar refractivity (Wildman–Crippen MR) is 98.2 cm³/mol. The first-order chi connectivity index (χ1) is 12.0. The van der Waals surface area contributed by atoms with Gasteiger partial charge in [-0.15, -0.1) is 0 Å². The Bertz CT molecular complexity index is 719. The summed E-state index contributed by atoms with van der Waals surface area (Å²) in [5, 5.41) is 5.83. The van der Waals surface area contributed by atoms with Crippen molar-refractivity contribution in [3.05, 3.63) is 36.5 Å². The lowest BCUT2D eigenvalue weighted by Crippen LogP contribution is -2.30. The lowest BCUT2D eigenvalue weighted by Gasteiger charge is -2.11. The molecule has 0 saturated heterocycles.